The molecule has 0 unspecified atom stereocenters. The lowest BCUT2D eigenvalue weighted by Gasteiger charge is -2.13. The molecule has 0 aromatic carbocycles. The third kappa shape index (κ3) is 1.93. The number of methoxy groups -OCH3 is 1. The van der Waals surface area contributed by atoms with Crippen LogP contribution in [0.5, 0.6) is 5.75 Å². The van der Waals surface area contributed by atoms with Crippen LogP contribution >= 0.6 is 0 Å². The van der Waals surface area contributed by atoms with Crippen LogP contribution < -0.4 is 9.64 Å². The maximum Gasteiger partial charge on any atom is 0.225 e. The molecule has 0 aliphatic rings. The average molecular weight is 270 g/mol. The predicted octanol–water partition coefficient (Wildman–Crippen LogP) is 1.26. The quantitative estimate of drug-likeness (QED) is 0.713. The maximum atomic E-state index is 5.35. The van der Waals surface area contributed by atoms with Gasteiger partial charge >= 0.3 is 0 Å². The summed E-state index contributed by atoms with van der Waals surface area (Å²) in [5.74, 6) is 1.22. The van der Waals surface area contributed by atoms with Gasteiger partial charge in [0, 0.05) is 20.3 Å². The lowest BCUT2D eigenvalue weighted by molar-refractivity contribution is 0.413. The van der Waals surface area contributed by atoms with Gasteiger partial charge in [0.2, 0.25) is 5.95 Å². The van der Waals surface area contributed by atoms with Crippen LogP contribution in [0.2, 0.25) is 0 Å². The minimum absolute atomic E-state index is 0.606. The highest BCUT2D eigenvalue weighted by Gasteiger charge is 2.15. The highest BCUT2D eigenvalue weighted by molar-refractivity contribution is 5.80. The van der Waals surface area contributed by atoms with Gasteiger partial charge in [-0.3, -0.25) is 0 Å². The Morgan fingerprint density at radius 2 is 2.05 bits per heavy atom. The molecule has 0 radical (unpaired) electrons. The predicted molar refractivity (Wildman–Crippen MR) is 74.9 cm³/mol. The maximum absolute atomic E-state index is 5.35. The molecule has 3 rings (SSSR count). The van der Waals surface area contributed by atoms with Crippen LogP contribution in [0.25, 0.3) is 16.8 Å². The Labute approximate surface area is 115 Å². The molecule has 3 aromatic heterocycles. The number of ether oxygens (including phenoxy) is 1. The Balaban J connectivity index is 2.24. The van der Waals surface area contributed by atoms with Gasteiger partial charge in [0.05, 0.1) is 30.6 Å². The molecule has 0 N–H and O–H groups in total. The summed E-state index contributed by atoms with van der Waals surface area (Å²) >= 11 is 0. The molecule has 20 heavy (non-hydrogen) atoms. The molecule has 102 valence electrons. The van der Waals surface area contributed by atoms with Crippen LogP contribution in [-0.2, 0) is 0 Å². The van der Waals surface area contributed by atoms with Gasteiger partial charge in [0.1, 0.15) is 5.69 Å². The first-order valence-corrected chi connectivity index (χ1v) is 6.08. The summed E-state index contributed by atoms with van der Waals surface area (Å²) in [5, 5.41) is 8.37. The number of nitrogens with zero attached hydrogens (tertiary/aromatic N) is 6. The van der Waals surface area contributed by atoms with Gasteiger partial charge in [-0.15, -0.1) is 0 Å². The van der Waals surface area contributed by atoms with Crippen molar-refractivity contribution in [2.45, 2.75) is 0 Å². The van der Waals surface area contributed by atoms with Crippen molar-refractivity contribution in [1.29, 1.82) is 0 Å². The molecule has 3 aromatic rings. The molecule has 0 fully saturated rings. The molecule has 0 spiro atoms. The summed E-state index contributed by atoms with van der Waals surface area (Å²) in [4.78, 5) is 10.6. The molecule has 0 aliphatic carbocycles. The highest BCUT2D eigenvalue weighted by atomic mass is 16.5. The fourth-order valence-electron chi connectivity index (χ4n) is 1.93. The standard InChI is InChI=1S/C13H14N6O/c1-18(2)13-14-8-11(20-3)12(17-13)9-7-16-19-10(9)5-4-6-15-19/h4-8H,1-3H3. The van der Waals surface area contributed by atoms with E-state index in [0.29, 0.717) is 17.4 Å². The van der Waals surface area contributed by atoms with Crippen LogP contribution in [0.3, 0.4) is 0 Å². The smallest absolute Gasteiger partial charge is 0.225 e. The first kappa shape index (κ1) is 12.3. The normalized spacial score (nSPS) is 10.8. The molecule has 7 heteroatoms. The number of hydrogen-bond acceptors (Lipinski definition) is 6. The lowest BCUT2D eigenvalue weighted by Crippen LogP contribution is -2.13. The largest absolute Gasteiger partial charge is 0.493 e. The summed E-state index contributed by atoms with van der Waals surface area (Å²) in [6.07, 6.45) is 5.08. The Morgan fingerprint density at radius 3 is 2.80 bits per heavy atom. The van der Waals surface area contributed by atoms with Crippen LogP contribution in [0.1, 0.15) is 0 Å². The van der Waals surface area contributed by atoms with E-state index >= 15 is 0 Å². The molecule has 0 amide bonds. The Hall–Kier alpha value is -2.70. The van der Waals surface area contributed by atoms with E-state index in [-0.39, 0.29) is 0 Å². The van der Waals surface area contributed by atoms with Crippen molar-refractivity contribution >= 4 is 11.5 Å². The second-order valence-electron chi connectivity index (χ2n) is 4.44. The van der Waals surface area contributed by atoms with Crippen molar-refractivity contribution in [3.05, 3.63) is 30.7 Å². The highest BCUT2D eigenvalue weighted by Crippen LogP contribution is 2.31. The molecule has 7 nitrogen and oxygen atoms in total. The molecule has 0 aliphatic heterocycles. The first-order valence-electron chi connectivity index (χ1n) is 6.08. The monoisotopic (exact) mass is 270 g/mol. The van der Waals surface area contributed by atoms with Crippen molar-refractivity contribution in [2.24, 2.45) is 0 Å². The number of aromatic nitrogens is 5. The van der Waals surface area contributed by atoms with Crippen LogP contribution in [-0.4, -0.2) is 46.0 Å². The van der Waals surface area contributed by atoms with Crippen LogP contribution in [0, 0.1) is 0 Å². The second kappa shape index (κ2) is 4.76. The van der Waals surface area contributed by atoms with E-state index in [4.69, 9.17) is 4.74 Å². The summed E-state index contributed by atoms with van der Waals surface area (Å²) < 4.78 is 6.91. The van der Waals surface area contributed by atoms with E-state index in [1.54, 1.807) is 30.3 Å². The van der Waals surface area contributed by atoms with Crippen molar-refractivity contribution in [2.75, 3.05) is 26.1 Å². The molecule has 0 saturated heterocycles. The molecular weight excluding hydrogens is 256 g/mol. The first-order chi connectivity index (χ1) is 9.70. The fourth-order valence-corrected chi connectivity index (χ4v) is 1.93. The molecule has 3 heterocycles. The van der Waals surface area contributed by atoms with E-state index in [9.17, 15) is 0 Å². The zero-order valence-corrected chi connectivity index (χ0v) is 11.5. The second-order valence-corrected chi connectivity index (χ2v) is 4.44. The van der Waals surface area contributed by atoms with Crippen LogP contribution in [0.4, 0.5) is 5.95 Å². The SMILES string of the molecule is COc1cnc(N(C)C)nc1-c1cnn2ncccc12. The number of hydrogen-bond donors (Lipinski definition) is 0. The Morgan fingerprint density at radius 1 is 1.20 bits per heavy atom. The molecular formula is C13H14N6O. The van der Waals surface area contributed by atoms with E-state index in [2.05, 4.69) is 20.2 Å². The van der Waals surface area contributed by atoms with Gasteiger partial charge in [-0.25, -0.2) is 9.97 Å². The summed E-state index contributed by atoms with van der Waals surface area (Å²) in [7, 11) is 5.38. The zero-order chi connectivity index (χ0) is 14.1. The number of anilines is 1. The van der Waals surface area contributed by atoms with Crippen LogP contribution in [0.15, 0.2) is 30.7 Å². The molecule has 0 atom stereocenters. The van der Waals surface area contributed by atoms with Gasteiger partial charge in [-0.1, -0.05) is 0 Å². The van der Waals surface area contributed by atoms with Gasteiger partial charge in [-0.05, 0) is 12.1 Å². The summed E-state index contributed by atoms with van der Waals surface area (Å²) in [6, 6.07) is 3.80. The van der Waals surface area contributed by atoms with Crippen molar-refractivity contribution in [3.63, 3.8) is 0 Å². The van der Waals surface area contributed by atoms with Crippen molar-refractivity contribution in [1.82, 2.24) is 24.8 Å². The minimum Gasteiger partial charge on any atom is -0.493 e. The number of fused-ring (bicyclic) bond motifs is 1. The van der Waals surface area contributed by atoms with E-state index in [1.807, 2.05) is 31.1 Å². The average Bonchev–Trinajstić information content (AvgIpc) is 2.90. The van der Waals surface area contributed by atoms with Gasteiger partial charge < -0.3 is 9.64 Å². The summed E-state index contributed by atoms with van der Waals surface area (Å²) in [6.45, 7) is 0. The zero-order valence-electron chi connectivity index (χ0n) is 11.5. The van der Waals surface area contributed by atoms with E-state index < -0.39 is 0 Å². The Bertz CT molecular complexity index is 751. The third-order valence-corrected chi connectivity index (χ3v) is 2.92. The molecule has 0 bridgehead atoms. The van der Waals surface area contributed by atoms with E-state index in [1.165, 1.54) is 0 Å². The number of rotatable bonds is 3. The van der Waals surface area contributed by atoms with Gasteiger partial charge in [0.15, 0.2) is 5.75 Å². The lowest BCUT2D eigenvalue weighted by atomic mass is 10.2. The minimum atomic E-state index is 0.606. The molecule has 0 saturated carbocycles. The third-order valence-electron chi connectivity index (χ3n) is 2.92. The Kier molecular flexibility index (Phi) is 2.94. The van der Waals surface area contributed by atoms with Crippen molar-refractivity contribution in [3.8, 4) is 17.0 Å². The topological polar surface area (TPSA) is 68.4 Å². The van der Waals surface area contributed by atoms with Gasteiger partial charge in [-0.2, -0.15) is 14.8 Å². The van der Waals surface area contributed by atoms with Crippen molar-refractivity contribution < 1.29 is 4.74 Å². The van der Waals surface area contributed by atoms with Gasteiger partial charge in [0.25, 0.3) is 0 Å². The summed E-state index contributed by atoms with van der Waals surface area (Å²) in [5.41, 5.74) is 2.43. The fraction of sp³-hybridized carbons (Fsp3) is 0.231. The van der Waals surface area contributed by atoms with E-state index in [0.717, 1.165) is 11.1 Å².